The first kappa shape index (κ1) is 11.3. The Morgan fingerprint density at radius 1 is 0.882 bits per heavy atom. The molecular formula is C16H15N. The molecular weight excluding hydrogens is 206 g/mol. The Bertz CT molecular complexity index is 515. The molecule has 0 atom stereocenters. The smallest absolute Gasteiger partial charge is 0.0765 e. The topological polar surface area (TPSA) is 12.0 Å². The summed E-state index contributed by atoms with van der Waals surface area (Å²) < 4.78 is 0. The molecule has 17 heavy (non-hydrogen) atoms. The van der Waals surface area contributed by atoms with Gasteiger partial charge in [-0.05, 0) is 30.2 Å². The van der Waals surface area contributed by atoms with Crippen molar-refractivity contribution in [2.75, 3.05) is 11.9 Å². The van der Waals surface area contributed by atoms with Gasteiger partial charge >= 0.3 is 0 Å². The number of hydrogen-bond acceptors (Lipinski definition) is 1. The summed E-state index contributed by atoms with van der Waals surface area (Å²) in [6, 6.07) is 18.8. The van der Waals surface area contributed by atoms with Crippen LogP contribution in [0.3, 0.4) is 0 Å². The van der Waals surface area contributed by atoms with Crippen LogP contribution in [0.2, 0.25) is 0 Å². The molecule has 0 saturated carbocycles. The van der Waals surface area contributed by atoms with E-state index in [4.69, 9.17) is 0 Å². The van der Waals surface area contributed by atoms with Crippen molar-refractivity contribution < 1.29 is 0 Å². The summed E-state index contributed by atoms with van der Waals surface area (Å²) in [6.45, 7) is 2.54. The van der Waals surface area contributed by atoms with Crippen molar-refractivity contribution in [3.05, 3.63) is 54.6 Å². The summed E-state index contributed by atoms with van der Waals surface area (Å²) in [7, 11) is 0. The average Bonchev–Trinajstić information content (AvgIpc) is 2.41. The van der Waals surface area contributed by atoms with Gasteiger partial charge in [-0.3, -0.25) is 0 Å². The van der Waals surface area contributed by atoms with E-state index in [0.717, 1.165) is 5.69 Å². The number of nitrogens with one attached hydrogen (secondary N) is 1. The molecule has 1 nitrogen and oxygen atoms in total. The zero-order valence-corrected chi connectivity index (χ0v) is 9.90. The lowest BCUT2D eigenvalue weighted by molar-refractivity contribution is 1.38. The maximum absolute atomic E-state index is 3.25. The van der Waals surface area contributed by atoms with Crippen LogP contribution in [-0.4, -0.2) is 6.54 Å². The zero-order valence-electron chi connectivity index (χ0n) is 9.90. The van der Waals surface area contributed by atoms with Crippen LogP contribution in [0.5, 0.6) is 0 Å². The molecule has 0 aliphatic heterocycles. The fourth-order valence-corrected chi connectivity index (χ4v) is 1.65. The Labute approximate surface area is 102 Å². The van der Waals surface area contributed by atoms with Crippen LogP contribution in [-0.2, 0) is 0 Å². The second-order valence-corrected chi connectivity index (χ2v) is 3.72. The minimum atomic E-state index is 0.696. The molecule has 2 aromatic rings. The highest BCUT2D eigenvalue weighted by Gasteiger charge is 1.96. The van der Waals surface area contributed by atoms with E-state index in [2.05, 4.69) is 65.7 Å². The number of rotatable bonds is 3. The van der Waals surface area contributed by atoms with Gasteiger partial charge in [-0.25, -0.2) is 0 Å². The van der Waals surface area contributed by atoms with Crippen molar-refractivity contribution in [2.24, 2.45) is 0 Å². The first-order valence-corrected chi connectivity index (χ1v) is 5.69. The van der Waals surface area contributed by atoms with E-state index in [9.17, 15) is 0 Å². The van der Waals surface area contributed by atoms with Gasteiger partial charge in [0.25, 0.3) is 0 Å². The van der Waals surface area contributed by atoms with Crippen molar-refractivity contribution in [1.82, 2.24) is 0 Å². The van der Waals surface area contributed by atoms with Crippen LogP contribution in [0.1, 0.15) is 6.92 Å². The van der Waals surface area contributed by atoms with Crippen LogP contribution in [0.25, 0.3) is 11.1 Å². The third-order valence-electron chi connectivity index (χ3n) is 2.55. The van der Waals surface area contributed by atoms with E-state index in [1.54, 1.807) is 0 Å². The Balaban J connectivity index is 2.10. The molecule has 0 fully saturated rings. The van der Waals surface area contributed by atoms with E-state index in [0.29, 0.717) is 6.54 Å². The average molecular weight is 221 g/mol. The molecule has 0 bridgehead atoms. The highest BCUT2D eigenvalue weighted by atomic mass is 14.8. The Morgan fingerprint density at radius 2 is 1.53 bits per heavy atom. The van der Waals surface area contributed by atoms with Crippen molar-refractivity contribution in [1.29, 1.82) is 0 Å². The zero-order chi connectivity index (χ0) is 11.9. The molecule has 0 radical (unpaired) electrons. The Morgan fingerprint density at radius 3 is 2.18 bits per heavy atom. The van der Waals surface area contributed by atoms with Gasteiger partial charge < -0.3 is 5.32 Å². The fourth-order valence-electron chi connectivity index (χ4n) is 1.65. The highest BCUT2D eigenvalue weighted by molar-refractivity contribution is 5.65. The second kappa shape index (κ2) is 5.77. The molecule has 1 heteroatoms. The SMILES string of the molecule is CC#CCNc1ccc(-c2ccccc2)cc1. The van der Waals surface area contributed by atoms with Crippen LogP contribution < -0.4 is 5.32 Å². The molecule has 0 aromatic heterocycles. The largest absolute Gasteiger partial charge is 0.374 e. The molecule has 1 N–H and O–H groups in total. The normalized spacial score (nSPS) is 9.24. The van der Waals surface area contributed by atoms with Crippen molar-refractivity contribution in [2.45, 2.75) is 6.92 Å². The molecule has 2 aromatic carbocycles. The van der Waals surface area contributed by atoms with Crippen LogP contribution >= 0.6 is 0 Å². The fraction of sp³-hybridized carbons (Fsp3) is 0.125. The minimum absolute atomic E-state index is 0.696. The third-order valence-corrected chi connectivity index (χ3v) is 2.55. The van der Waals surface area contributed by atoms with E-state index >= 15 is 0 Å². The Hall–Kier alpha value is -2.20. The van der Waals surface area contributed by atoms with Gasteiger partial charge in [0.1, 0.15) is 0 Å². The summed E-state index contributed by atoms with van der Waals surface area (Å²) in [4.78, 5) is 0. The molecule has 2 rings (SSSR count). The molecule has 0 unspecified atom stereocenters. The van der Waals surface area contributed by atoms with Crippen molar-refractivity contribution in [3.63, 3.8) is 0 Å². The monoisotopic (exact) mass is 221 g/mol. The van der Waals surface area contributed by atoms with Crippen LogP contribution in [0.15, 0.2) is 54.6 Å². The molecule has 0 spiro atoms. The van der Waals surface area contributed by atoms with Crippen molar-refractivity contribution >= 4 is 5.69 Å². The summed E-state index contributed by atoms with van der Waals surface area (Å²) in [5.41, 5.74) is 3.58. The first-order valence-electron chi connectivity index (χ1n) is 5.69. The minimum Gasteiger partial charge on any atom is -0.374 e. The Kier molecular flexibility index (Phi) is 3.83. The molecule has 0 saturated heterocycles. The molecule has 0 aliphatic rings. The predicted octanol–water partition coefficient (Wildman–Crippen LogP) is 3.79. The summed E-state index contributed by atoms with van der Waals surface area (Å²) >= 11 is 0. The van der Waals surface area contributed by atoms with Gasteiger partial charge in [-0.1, -0.05) is 48.4 Å². The van der Waals surface area contributed by atoms with Crippen LogP contribution in [0.4, 0.5) is 5.69 Å². The van der Waals surface area contributed by atoms with Gasteiger partial charge in [0, 0.05) is 5.69 Å². The van der Waals surface area contributed by atoms with Gasteiger partial charge in [0.2, 0.25) is 0 Å². The number of hydrogen-bond donors (Lipinski definition) is 1. The second-order valence-electron chi connectivity index (χ2n) is 3.72. The highest BCUT2D eigenvalue weighted by Crippen LogP contribution is 2.20. The van der Waals surface area contributed by atoms with E-state index in [1.807, 2.05) is 13.0 Å². The predicted molar refractivity (Wildman–Crippen MR) is 73.8 cm³/mol. The van der Waals surface area contributed by atoms with Crippen molar-refractivity contribution in [3.8, 4) is 23.0 Å². The van der Waals surface area contributed by atoms with Gasteiger partial charge in [0.05, 0.1) is 6.54 Å². The van der Waals surface area contributed by atoms with E-state index < -0.39 is 0 Å². The van der Waals surface area contributed by atoms with Crippen LogP contribution in [0, 0.1) is 11.8 Å². The first-order chi connectivity index (χ1) is 8.40. The standard InChI is InChI=1S/C16H15N/c1-2-3-13-17-16-11-9-15(10-12-16)14-7-5-4-6-8-14/h4-12,17H,13H2,1H3. The quantitative estimate of drug-likeness (QED) is 0.777. The third kappa shape index (κ3) is 3.12. The van der Waals surface area contributed by atoms with E-state index in [-0.39, 0.29) is 0 Å². The van der Waals surface area contributed by atoms with Gasteiger partial charge in [-0.15, -0.1) is 5.92 Å². The summed E-state index contributed by atoms with van der Waals surface area (Å²) in [5.74, 6) is 5.84. The van der Waals surface area contributed by atoms with Gasteiger partial charge in [0.15, 0.2) is 0 Å². The maximum atomic E-state index is 3.25. The lowest BCUT2D eigenvalue weighted by atomic mass is 10.1. The maximum Gasteiger partial charge on any atom is 0.0765 e. The van der Waals surface area contributed by atoms with E-state index in [1.165, 1.54) is 11.1 Å². The lowest BCUT2D eigenvalue weighted by Crippen LogP contribution is -1.97. The summed E-state index contributed by atoms with van der Waals surface area (Å²) in [5, 5.41) is 3.25. The molecule has 0 amide bonds. The molecule has 84 valence electrons. The number of anilines is 1. The molecule has 0 heterocycles. The summed E-state index contributed by atoms with van der Waals surface area (Å²) in [6.07, 6.45) is 0. The number of benzene rings is 2. The van der Waals surface area contributed by atoms with Gasteiger partial charge in [-0.2, -0.15) is 0 Å². The lowest BCUT2D eigenvalue weighted by Gasteiger charge is -2.05. The molecule has 0 aliphatic carbocycles.